The second kappa shape index (κ2) is 8.76. The van der Waals surface area contributed by atoms with Crippen molar-refractivity contribution in [3.8, 4) is 0 Å². The van der Waals surface area contributed by atoms with Gasteiger partial charge in [0.1, 0.15) is 0 Å². The largest absolute Gasteiger partial charge is 0.355 e. The second-order valence-corrected chi connectivity index (χ2v) is 5.25. The van der Waals surface area contributed by atoms with E-state index in [0.717, 1.165) is 26.1 Å². The Labute approximate surface area is 112 Å². The monoisotopic (exact) mass is 262 g/mol. The molecule has 0 aromatic rings. The molecular formula is C13H27ClN2O. The van der Waals surface area contributed by atoms with Crippen LogP contribution in [0.4, 0.5) is 0 Å². The number of likely N-dealkylation sites (tertiary alicyclic amines) is 1. The first-order valence-electron chi connectivity index (χ1n) is 6.63. The number of amides is 1. The highest BCUT2D eigenvalue weighted by molar-refractivity contribution is 5.85. The first kappa shape index (κ1) is 16.7. The van der Waals surface area contributed by atoms with Crippen LogP contribution in [0.5, 0.6) is 0 Å². The molecule has 3 nitrogen and oxygen atoms in total. The second-order valence-electron chi connectivity index (χ2n) is 5.25. The maximum absolute atomic E-state index is 11.9. The van der Waals surface area contributed by atoms with E-state index in [4.69, 9.17) is 0 Å². The molecule has 102 valence electrons. The molecule has 1 unspecified atom stereocenters. The van der Waals surface area contributed by atoms with Gasteiger partial charge in [0.25, 0.3) is 0 Å². The highest BCUT2D eigenvalue weighted by Gasteiger charge is 2.22. The molecule has 1 saturated heterocycles. The highest BCUT2D eigenvalue weighted by atomic mass is 35.5. The number of halogens is 1. The number of rotatable bonds is 5. The summed E-state index contributed by atoms with van der Waals surface area (Å²) in [6, 6.07) is 0.0486. The predicted octanol–water partition coefficient (Wildman–Crippen LogP) is 2.44. The van der Waals surface area contributed by atoms with Crippen molar-refractivity contribution in [3.05, 3.63) is 0 Å². The Morgan fingerprint density at radius 3 is 2.29 bits per heavy atom. The molecule has 1 rings (SSSR count). The van der Waals surface area contributed by atoms with Crippen LogP contribution >= 0.6 is 12.4 Å². The van der Waals surface area contributed by atoms with E-state index in [2.05, 4.69) is 24.1 Å². The molecule has 0 aliphatic carbocycles. The molecule has 1 aliphatic heterocycles. The Morgan fingerprint density at radius 1 is 1.18 bits per heavy atom. The third kappa shape index (κ3) is 6.27. The molecule has 1 heterocycles. The van der Waals surface area contributed by atoms with E-state index >= 15 is 0 Å². The van der Waals surface area contributed by atoms with Gasteiger partial charge in [-0.1, -0.05) is 20.3 Å². The van der Waals surface area contributed by atoms with E-state index < -0.39 is 0 Å². The summed E-state index contributed by atoms with van der Waals surface area (Å²) in [7, 11) is 0. The zero-order valence-corrected chi connectivity index (χ0v) is 12.2. The topological polar surface area (TPSA) is 32.3 Å². The van der Waals surface area contributed by atoms with Gasteiger partial charge in [-0.3, -0.25) is 9.69 Å². The summed E-state index contributed by atoms with van der Waals surface area (Å²) >= 11 is 0. The fourth-order valence-electron chi connectivity index (χ4n) is 2.10. The molecule has 1 N–H and O–H groups in total. The van der Waals surface area contributed by atoms with Gasteiger partial charge in [0.2, 0.25) is 5.91 Å². The molecule has 1 aliphatic rings. The number of piperidine rings is 1. The molecule has 1 fully saturated rings. The van der Waals surface area contributed by atoms with Crippen molar-refractivity contribution >= 4 is 18.3 Å². The van der Waals surface area contributed by atoms with Gasteiger partial charge >= 0.3 is 0 Å². The van der Waals surface area contributed by atoms with Crippen LogP contribution in [0.3, 0.4) is 0 Å². The first-order valence-corrected chi connectivity index (χ1v) is 6.63. The summed E-state index contributed by atoms with van der Waals surface area (Å²) in [5.41, 5.74) is 0. The van der Waals surface area contributed by atoms with Gasteiger partial charge in [-0.25, -0.2) is 0 Å². The van der Waals surface area contributed by atoms with Crippen molar-refractivity contribution in [2.75, 3.05) is 19.6 Å². The zero-order valence-electron chi connectivity index (χ0n) is 11.4. The lowest BCUT2D eigenvalue weighted by Gasteiger charge is -2.31. The smallest absolute Gasteiger partial charge is 0.237 e. The van der Waals surface area contributed by atoms with E-state index in [1.165, 1.54) is 19.3 Å². The average Bonchev–Trinajstić information content (AvgIpc) is 2.28. The van der Waals surface area contributed by atoms with Gasteiger partial charge in [-0.15, -0.1) is 12.4 Å². The third-order valence-electron chi connectivity index (χ3n) is 3.34. The summed E-state index contributed by atoms with van der Waals surface area (Å²) in [4.78, 5) is 14.2. The van der Waals surface area contributed by atoms with E-state index in [9.17, 15) is 4.79 Å². The average molecular weight is 263 g/mol. The van der Waals surface area contributed by atoms with Crippen molar-refractivity contribution in [3.63, 3.8) is 0 Å². The van der Waals surface area contributed by atoms with E-state index in [1.54, 1.807) is 0 Å². The van der Waals surface area contributed by atoms with Gasteiger partial charge in [0, 0.05) is 6.54 Å². The molecule has 0 bridgehead atoms. The van der Waals surface area contributed by atoms with Crippen LogP contribution in [0.2, 0.25) is 0 Å². The van der Waals surface area contributed by atoms with Crippen LogP contribution in [-0.2, 0) is 4.79 Å². The zero-order chi connectivity index (χ0) is 12.0. The maximum atomic E-state index is 11.9. The SMILES string of the molecule is CC(C)CCNC(=O)C(C)N1CCCCC1.Cl. The van der Waals surface area contributed by atoms with Crippen LogP contribution in [0.1, 0.15) is 46.5 Å². The lowest BCUT2D eigenvalue weighted by atomic mass is 10.1. The normalized spacial score (nSPS) is 18.6. The standard InChI is InChI=1S/C13H26N2O.ClH/c1-11(2)7-8-14-13(16)12(3)15-9-5-4-6-10-15;/h11-12H,4-10H2,1-3H3,(H,14,16);1H. The lowest BCUT2D eigenvalue weighted by Crippen LogP contribution is -2.47. The Balaban J connectivity index is 0.00000256. The van der Waals surface area contributed by atoms with Gasteiger partial charge in [0.15, 0.2) is 0 Å². The summed E-state index contributed by atoms with van der Waals surface area (Å²) < 4.78 is 0. The molecule has 0 spiro atoms. The van der Waals surface area contributed by atoms with Crippen LogP contribution < -0.4 is 5.32 Å². The summed E-state index contributed by atoms with van der Waals surface area (Å²) in [6.45, 7) is 9.36. The predicted molar refractivity (Wildman–Crippen MR) is 74.6 cm³/mol. The van der Waals surface area contributed by atoms with Crippen molar-refractivity contribution < 1.29 is 4.79 Å². The molecule has 1 amide bonds. The molecule has 0 radical (unpaired) electrons. The minimum absolute atomic E-state index is 0. The number of hydrogen-bond acceptors (Lipinski definition) is 2. The van der Waals surface area contributed by atoms with Crippen LogP contribution in [0.25, 0.3) is 0 Å². The Hall–Kier alpha value is -0.280. The fourth-order valence-corrected chi connectivity index (χ4v) is 2.10. The van der Waals surface area contributed by atoms with Crippen molar-refractivity contribution in [1.82, 2.24) is 10.2 Å². The van der Waals surface area contributed by atoms with Crippen molar-refractivity contribution in [2.24, 2.45) is 5.92 Å². The molecule has 0 aromatic heterocycles. The molecule has 0 saturated carbocycles. The third-order valence-corrected chi connectivity index (χ3v) is 3.34. The van der Waals surface area contributed by atoms with Crippen molar-refractivity contribution in [1.29, 1.82) is 0 Å². The Morgan fingerprint density at radius 2 is 1.76 bits per heavy atom. The van der Waals surface area contributed by atoms with Gasteiger partial charge < -0.3 is 5.32 Å². The van der Waals surface area contributed by atoms with E-state index in [1.807, 2.05) is 6.92 Å². The number of nitrogens with zero attached hydrogens (tertiary/aromatic N) is 1. The molecule has 4 heteroatoms. The number of hydrogen-bond donors (Lipinski definition) is 1. The summed E-state index contributed by atoms with van der Waals surface area (Å²) in [5, 5.41) is 3.03. The molecule has 17 heavy (non-hydrogen) atoms. The molecule has 1 atom stereocenters. The Bertz CT molecular complexity index is 215. The Kier molecular flexibility index (Phi) is 8.61. The molecule has 0 aromatic carbocycles. The van der Waals surface area contributed by atoms with E-state index in [0.29, 0.717) is 5.92 Å². The van der Waals surface area contributed by atoms with Gasteiger partial charge in [-0.2, -0.15) is 0 Å². The quantitative estimate of drug-likeness (QED) is 0.826. The molecular weight excluding hydrogens is 236 g/mol. The minimum atomic E-state index is 0. The maximum Gasteiger partial charge on any atom is 0.237 e. The van der Waals surface area contributed by atoms with Gasteiger partial charge in [0.05, 0.1) is 6.04 Å². The number of carbonyl (C=O) groups is 1. The van der Waals surface area contributed by atoms with Gasteiger partial charge in [-0.05, 0) is 45.2 Å². The lowest BCUT2D eigenvalue weighted by molar-refractivity contribution is -0.126. The van der Waals surface area contributed by atoms with Crippen molar-refractivity contribution in [2.45, 2.75) is 52.5 Å². The fraction of sp³-hybridized carbons (Fsp3) is 0.923. The van der Waals surface area contributed by atoms with Crippen LogP contribution in [-0.4, -0.2) is 36.5 Å². The minimum Gasteiger partial charge on any atom is -0.355 e. The summed E-state index contributed by atoms with van der Waals surface area (Å²) in [5.74, 6) is 0.855. The number of nitrogens with one attached hydrogen (secondary N) is 1. The number of carbonyl (C=O) groups excluding carboxylic acids is 1. The highest BCUT2D eigenvalue weighted by Crippen LogP contribution is 2.12. The van der Waals surface area contributed by atoms with E-state index in [-0.39, 0.29) is 24.4 Å². The summed E-state index contributed by atoms with van der Waals surface area (Å²) in [6.07, 6.45) is 4.86. The first-order chi connectivity index (χ1) is 7.61. The van der Waals surface area contributed by atoms with Crippen LogP contribution in [0, 0.1) is 5.92 Å². The van der Waals surface area contributed by atoms with Crippen LogP contribution in [0.15, 0.2) is 0 Å².